The molecule has 1 fully saturated rings. The number of rotatable bonds is 40. The summed E-state index contributed by atoms with van der Waals surface area (Å²) in [5.41, 5.74) is 6.63. The molecule has 11 atom stereocenters. The number of amides is 10. The van der Waals surface area contributed by atoms with Crippen molar-refractivity contribution in [2.45, 2.75) is 187 Å². The van der Waals surface area contributed by atoms with E-state index in [-0.39, 0.29) is 73.6 Å². The number of urea groups is 1. The summed E-state index contributed by atoms with van der Waals surface area (Å²) in [5, 5.41) is 19.7. The molecule has 0 unspecified atom stereocenters. The molecule has 0 spiro atoms. The quantitative estimate of drug-likeness (QED) is 0.0253. The van der Waals surface area contributed by atoms with Crippen molar-refractivity contribution in [3.05, 3.63) is 76.7 Å². The van der Waals surface area contributed by atoms with Crippen molar-refractivity contribution >= 4 is 70.3 Å². The fourth-order valence-electron chi connectivity index (χ4n) is 11.7. The van der Waals surface area contributed by atoms with Crippen LogP contribution >= 0.6 is 11.3 Å². The average molecular weight is 1310 g/mol. The summed E-state index contributed by atoms with van der Waals surface area (Å²) >= 11 is 1.47. The molecule has 3 aromatic rings. The Balaban J connectivity index is 1.40. The number of unbranched alkanes of at least 4 members (excludes halogenated alkanes) is 2. The number of nitrogens with zero attached hydrogens (tertiary/aromatic N) is 4. The van der Waals surface area contributed by atoms with Crippen LogP contribution < -0.4 is 48.3 Å². The van der Waals surface area contributed by atoms with Crippen LogP contribution in [0.1, 0.15) is 143 Å². The molecule has 0 bridgehead atoms. The number of ether oxygens (including phenoxy) is 3. The minimum Gasteiger partial charge on any atom is -0.484 e. The third-order valence-corrected chi connectivity index (χ3v) is 18.0. The van der Waals surface area contributed by atoms with Gasteiger partial charge in [0.1, 0.15) is 34.9 Å². The minimum atomic E-state index is -1.08. The number of primary amides is 1. The highest BCUT2D eigenvalue weighted by atomic mass is 32.1. The SMILES string of the molecule is CC[C@H](C)[C@@H]([C@@H](CC(=O)N1CCC[C@H]1[C@H](OC)[C@@H](C)C(=O)N[C@@H](Cc1ccccc1)c1nccs1)OC)N(C)C(=O)[C@@H](NC(=O)[C@H](C(C)C)N(C)C(=O)COc1ccc(NC(=O)[C@H](CCCNC(N)=O)NC(=O)[C@@H](NC(=O)CCCCCON)C(C)C)cc1)C(C)C. The standard InChI is InChI=1S/C66H104N12O13S/c1-14-43(8)58(51(88-12)38-53(80)78-34-22-26-50(78)59(89-13)44(9)60(82)73-49(64-69-33-36-92-64)37-45-23-17-15-18-24-45)77(11)65(86)56(41(4)5)75-63(85)57(42(6)7)76(10)54(81)39-90-47-30-28-46(29-31-47)71-61(83)48(25-21-32-70-66(67)87)72-62(84)55(40(2)3)74-52(79)27-19-16-20-35-91-68/h15,17-18,23-24,28-31,33,36,40-44,48-51,55-59H,14,16,19-22,25-27,32,34-35,37-39,68H2,1-13H3,(H,71,83)(H,72,84)(H,73,82)(H,74,79)(H,75,85)(H3,67,70,87)/t43-,44+,48-,49-,50-,51+,55-,56-,57-,58-,59+/m0/s1. The first-order chi connectivity index (χ1) is 43.8. The van der Waals surface area contributed by atoms with E-state index >= 15 is 0 Å². The molecule has 0 radical (unpaired) electrons. The Hall–Kier alpha value is -7.26. The molecule has 2 heterocycles. The minimum absolute atomic E-state index is 0.0662. The Labute approximate surface area is 547 Å². The van der Waals surface area contributed by atoms with Crippen molar-refractivity contribution in [3.8, 4) is 5.75 Å². The first-order valence-corrected chi connectivity index (χ1v) is 33.1. The van der Waals surface area contributed by atoms with E-state index < -0.39 is 108 Å². The molecule has 10 amide bonds. The molecule has 512 valence electrons. The number of nitrogens with two attached hydrogens (primary N) is 2. The van der Waals surface area contributed by atoms with Gasteiger partial charge in [0.05, 0.1) is 49.3 Å². The van der Waals surface area contributed by atoms with Crippen molar-refractivity contribution < 1.29 is 62.2 Å². The highest BCUT2D eigenvalue weighted by molar-refractivity contribution is 7.09. The predicted molar refractivity (Wildman–Crippen MR) is 352 cm³/mol. The lowest BCUT2D eigenvalue weighted by Gasteiger charge is -2.41. The number of nitrogens with one attached hydrogen (secondary N) is 6. The molecule has 26 heteroatoms. The van der Waals surface area contributed by atoms with Gasteiger partial charge in [0.2, 0.25) is 41.4 Å². The van der Waals surface area contributed by atoms with Gasteiger partial charge in [0, 0.05) is 65.1 Å². The Kier molecular flexibility index (Phi) is 33.0. The second kappa shape index (κ2) is 39.3. The summed E-state index contributed by atoms with van der Waals surface area (Å²) in [7, 11) is 6.23. The van der Waals surface area contributed by atoms with E-state index in [1.165, 1.54) is 42.5 Å². The monoisotopic (exact) mass is 1300 g/mol. The van der Waals surface area contributed by atoms with Crippen molar-refractivity contribution in [1.82, 2.24) is 46.3 Å². The fraction of sp³-hybridized carbons (Fsp3) is 0.636. The first kappa shape index (κ1) is 77.2. The molecule has 1 aliphatic rings. The molecule has 92 heavy (non-hydrogen) atoms. The van der Waals surface area contributed by atoms with E-state index in [2.05, 4.69) is 41.7 Å². The maximum Gasteiger partial charge on any atom is 0.312 e. The molecule has 0 saturated carbocycles. The lowest BCUT2D eigenvalue weighted by atomic mass is 9.89. The molecule has 1 saturated heterocycles. The van der Waals surface area contributed by atoms with Crippen molar-refractivity contribution in [2.75, 3.05) is 59.9 Å². The van der Waals surface area contributed by atoms with Crippen LogP contribution in [0.4, 0.5) is 10.5 Å². The summed E-state index contributed by atoms with van der Waals surface area (Å²) in [6, 6.07) is 9.88. The highest BCUT2D eigenvalue weighted by Crippen LogP contribution is 2.31. The van der Waals surface area contributed by atoms with Gasteiger partial charge in [-0.2, -0.15) is 0 Å². The van der Waals surface area contributed by atoms with Gasteiger partial charge in [-0.25, -0.2) is 15.7 Å². The van der Waals surface area contributed by atoms with Gasteiger partial charge in [-0.3, -0.25) is 38.4 Å². The summed E-state index contributed by atoms with van der Waals surface area (Å²) in [6.07, 6.45) is 5.33. The zero-order chi connectivity index (χ0) is 68.2. The highest BCUT2D eigenvalue weighted by Gasteiger charge is 2.44. The van der Waals surface area contributed by atoms with Crippen molar-refractivity contribution in [3.63, 3.8) is 0 Å². The number of thiazole rings is 1. The van der Waals surface area contributed by atoms with Gasteiger partial charge in [0.25, 0.3) is 5.91 Å². The summed E-state index contributed by atoms with van der Waals surface area (Å²) in [5.74, 6) is 0.0930. The number of likely N-dealkylation sites (N-methyl/N-ethyl adjacent to an activating group) is 2. The second-order valence-electron chi connectivity index (χ2n) is 24.9. The summed E-state index contributed by atoms with van der Waals surface area (Å²) in [6.45, 7) is 17.1. The zero-order valence-electron chi connectivity index (χ0n) is 56.2. The lowest BCUT2D eigenvalue weighted by Crippen LogP contribution is -2.60. The smallest absolute Gasteiger partial charge is 0.312 e. The lowest BCUT2D eigenvalue weighted by molar-refractivity contribution is -0.149. The fourth-order valence-corrected chi connectivity index (χ4v) is 12.4. The molecular formula is C66H104N12O13S. The Morgan fingerprint density at radius 1 is 0.761 bits per heavy atom. The molecule has 4 rings (SSSR count). The average Bonchev–Trinajstić information content (AvgIpc) is 1.35. The Morgan fingerprint density at radius 2 is 1.45 bits per heavy atom. The molecule has 25 nitrogen and oxygen atoms in total. The van der Waals surface area contributed by atoms with Crippen LogP contribution in [-0.2, 0) is 59.1 Å². The van der Waals surface area contributed by atoms with Gasteiger partial charge in [-0.1, -0.05) is 105 Å². The predicted octanol–water partition coefficient (Wildman–Crippen LogP) is 5.63. The Morgan fingerprint density at radius 3 is 2.03 bits per heavy atom. The van der Waals surface area contributed by atoms with E-state index in [0.29, 0.717) is 63.8 Å². The van der Waals surface area contributed by atoms with E-state index in [0.717, 1.165) is 10.6 Å². The van der Waals surface area contributed by atoms with Gasteiger partial charge in [-0.05, 0) is 98.4 Å². The van der Waals surface area contributed by atoms with E-state index in [4.69, 9.17) is 25.8 Å². The number of likely N-dealkylation sites (tertiary alicyclic amines) is 1. The maximum atomic E-state index is 14.9. The second-order valence-corrected chi connectivity index (χ2v) is 25.8. The van der Waals surface area contributed by atoms with Gasteiger partial charge < -0.3 is 71.4 Å². The number of methoxy groups -OCH3 is 2. The molecular weight excluding hydrogens is 1200 g/mol. The van der Waals surface area contributed by atoms with Crippen LogP contribution in [0.3, 0.4) is 0 Å². The summed E-state index contributed by atoms with van der Waals surface area (Å²) in [4.78, 5) is 137. The molecule has 0 aliphatic carbocycles. The van der Waals surface area contributed by atoms with Crippen LogP contribution in [0, 0.1) is 29.6 Å². The topological polar surface area (TPSA) is 337 Å². The van der Waals surface area contributed by atoms with Crippen LogP contribution in [0.5, 0.6) is 5.75 Å². The molecule has 1 aliphatic heterocycles. The third-order valence-electron chi connectivity index (χ3n) is 17.1. The number of carbonyl (C=O) groups excluding carboxylic acids is 9. The number of hydrogen-bond donors (Lipinski definition) is 8. The van der Waals surface area contributed by atoms with Crippen LogP contribution in [0.2, 0.25) is 0 Å². The largest absolute Gasteiger partial charge is 0.484 e. The van der Waals surface area contributed by atoms with Crippen molar-refractivity contribution in [2.24, 2.45) is 41.2 Å². The Bertz CT molecular complexity index is 2800. The number of aromatic nitrogens is 1. The summed E-state index contributed by atoms with van der Waals surface area (Å²) < 4.78 is 18.1. The third kappa shape index (κ3) is 23.7. The zero-order valence-corrected chi connectivity index (χ0v) is 57.0. The van der Waals surface area contributed by atoms with Gasteiger partial charge >= 0.3 is 6.03 Å². The maximum absolute atomic E-state index is 14.9. The molecule has 1 aromatic heterocycles. The normalized spacial score (nSPS) is 16.4. The number of carbonyl (C=O) groups is 9. The number of hydrogen-bond acceptors (Lipinski definition) is 16. The van der Waals surface area contributed by atoms with E-state index in [1.807, 2.05) is 70.3 Å². The van der Waals surface area contributed by atoms with E-state index in [9.17, 15) is 43.2 Å². The van der Waals surface area contributed by atoms with E-state index in [1.54, 1.807) is 70.0 Å². The van der Waals surface area contributed by atoms with Crippen LogP contribution in [0.15, 0.2) is 66.2 Å². The van der Waals surface area contributed by atoms with Crippen molar-refractivity contribution in [1.29, 1.82) is 0 Å². The van der Waals surface area contributed by atoms with Gasteiger partial charge in [-0.15, -0.1) is 11.3 Å². The first-order valence-electron chi connectivity index (χ1n) is 32.2. The van der Waals surface area contributed by atoms with Gasteiger partial charge in [0.15, 0.2) is 6.61 Å². The molecule has 2 aromatic carbocycles. The molecule has 10 N–H and O–H groups in total. The number of benzene rings is 2. The van der Waals surface area contributed by atoms with Crippen LogP contribution in [-0.4, -0.2) is 176 Å². The number of anilines is 1. The van der Waals surface area contributed by atoms with Crippen LogP contribution in [0.25, 0.3) is 0 Å².